The van der Waals surface area contributed by atoms with Crippen molar-refractivity contribution in [2.45, 2.75) is 13.0 Å². The molecule has 1 aromatic heterocycles. The van der Waals surface area contributed by atoms with E-state index in [1.54, 1.807) is 49.4 Å². The average molecular weight is 368 g/mol. The maximum atomic E-state index is 12.5. The van der Waals surface area contributed by atoms with E-state index in [9.17, 15) is 4.79 Å². The van der Waals surface area contributed by atoms with Crippen molar-refractivity contribution in [2.24, 2.45) is 0 Å². The number of ether oxygens (including phenoxy) is 1. The van der Waals surface area contributed by atoms with E-state index in [0.717, 1.165) is 0 Å². The van der Waals surface area contributed by atoms with Crippen LogP contribution in [0.2, 0.25) is 5.02 Å². The standard InChI is InChI=1S/C18H14ClN5O2/c1-12(26-15-5-2-13(9-20)3-6-15)18(25)23-16-8-14(19)4-7-17(16)24-11-21-10-22-24/h2-8,10-12H,1H3,(H,23,25)/t12-/m1/s1. The van der Waals surface area contributed by atoms with E-state index in [1.807, 2.05) is 6.07 Å². The summed E-state index contributed by atoms with van der Waals surface area (Å²) in [5.74, 6) is 0.146. The fraction of sp³-hybridized carbons (Fsp3) is 0.111. The molecule has 1 N–H and O–H groups in total. The van der Waals surface area contributed by atoms with Crippen molar-refractivity contribution >= 4 is 23.2 Å². The third-order valence-corrected chi connectivity index (χ3v) is 3.78. The Balaban J connectivity index is 1.75. The monoisotopic (exact) mass is 367 g/mol. The van der Waals surface area contributed by atoms with Gasteiger partial charge in [0.25, 0.3) is 5.91 Å². The first-order valence-corrected chi connectivity index (χ1v) is 8.07. The second-order valence-electron chi connectivity index (χ2n) is 5.39. The number of rotatable bonds is 5. The van der Waals surface area contributed by atoms with Crippen molar-refractivity contribution in [3.8, 4) is 17.5 Å². The molecule has 3 rings (SSSR count). The fourth-order valence-corrected chi connectivity index (χ4v) is 2.41. The van der Waals surface area contributed by atoms with Crippen LogP contribution in [0.1, 0.15) is 12.5 Å². The zero-order valence-electron chi connectivity index (χ0n) is 13.8. The van der Waals surface area contributed by atoms with Crippen LogP contribution in [0.3, 0.4) is 0 Å². The van der Waals surface area contributed by atoms with Gasteiger partial charge in [-0.3, -0.25) is 4.79 Å². The Morgan fingerprint density at radius 1 is 1.31 bits per heavy atom. The Morgan fingerprint density at radius 2 is 2.08 bits per heavy atom. The molecule has 7 nitrogen and oxygen atoms in total. The molecule has 0 unspecified atom stereocenters. The number of nitrogens with zero attached hydrogens (tertiary/aromatic N) is 4. The third kappa shape index (κ3) is 3.99. The largest absolute Gasteiger partial charge is 0.481 e. The number of amides is 1. The molecule has 0 radical (unpaired) electrons. The molecule has 130 valence electrons. The van der Waals surface area contributed by atoms with E-state index in [0.29, 0.717) is 27.7 Å². The highest BCUT2D eigenvalue weighted by atomic mass is 35.5. The van der Waals surface area contributed by atoms with E-state index in [-0.39, 0.29) is 5.91 Å². The minimum Gasteiger partial charge on any atom is -0.481 e. The number of nitrogens with one attached hydrogen (secondary N) is 1. The molecule has 1 atom stereocenters. The van der Waals surface area contributed by atoms with Gasteiger partial charge >= 0.3 is 0 Å². The molecule has 0 aliphatic rings. The molecule has 0 saturated carbocycles. The number of hydrogen-bond acceptors (Lipinski definition) is 5. The predicted molar refractivity (Wildman–Crippen MR) is 96.2 cm³/mol. The molecule has 0 fully saturated rings. The number of hydrogen-bond donors (Lipinski definition) is 1. The average Bonchev–Trinajstić information content (AvgIpc) is 3.17. The number of benzene rings is 2. The van der Waals surface area contributed by atoms with E-state index in [1.165, 1.54) is 17.3 Å². The first-order chi connectivity index (χ1) is 12.6. The molecule has 0 aliphatic carbocycles. The summed E-state index contributed by atoms with van der Waals surface area (Å²) in [6.45, 7) is 1.63. The van der Waals surface area contributed by atoms with Gasteiger partial charge in [0, 0.05) is 5.02 Å². The van der Waals surface area contributed by atoms with Crippen LogP contribution < -0.4 is 10.1 Å². The minimum absolute atomic E-state index is 0.349. The number of nitriles is 1. The van der Waals surface area contributed by atoms with Crippen LogP contribution in [0, 0.1) is 11.3 Å². The molecule has 0 spiro atoms. The van der Waals surface area contributed by atoms with Gasteiger partial charge in [0.05, 0.1) is 23.0 Å². The van der Waals surface area contributed by atoms with Gasteiger partial charge in [-0.1, -0.05) is 11.6 Å². The topological polar surface area (TPSA) is 92.8 Å². The summed E-state index contributed by atoms with van der Waals surface area (Å²) < 4.78 is 7.15. The van der Waals surface area contributed by atoms with Crippen molar-refractivity contribution in [2.75, 3.05) is 5.32 Å². The van der Waals surface area contributed by atoms with Gasteiger partial charge in [-0.2, -0.15) is 10.4 Å². The predicted octanol–water partition coefficient (Wildman–Crippen LogP) is 3.20. The highest BCUT2D eigenvalue weighted by Gasteiger charge is 2.17. The van der Waals surface area contributed by atoms with Crippen LogP contribution in [0.25, 0.3) is 5.69 Å². The maximum absolute atomic E-state index is 12.5. The van der Waals surface area contributed by atoms with Gasteiger partial charge in [0.2, 0.25) is 0 Å². The SMILES string of the molecule is C[C@@H](Oc1ccc(C#N)cc1)C(=O)Nc1cc(Cl)ccc1-n1cncn1. The van der Waals surface area contributed by atoms with E-state index in [4.69, 9.17) is 21.6 Å². The van der Waals surface area contributed by atoms with Crippen LogP contribution in [0.15, 0.2) is 55.1 Å². The number of anilines is 1. The van der Waals surface area contributed by atoms with Crippen molar-refractivity contribution in [1.82, 2.24) is 14.8 Å². The van der Waals surface area contributed by atoms with Crippen LogP contribution in [-0.2, 0) is 4.79 Å². The molecule has 26 heavy (non-hydrogen) atoms. The molecule has 0 saturated heterocycles. The highest BCUT2D eigenvalue weighted by molar-refractivity contribution is 6.31. The summed E-state index contributed by atoms with van der Waals surface area (Å²) in [4.78, 5) is 16.4. The lowest BCUT2D eigenvalue weighted by Crippen LogP contribution is -2.30. The summed E-state index contributed by atoms with van der Waals surface area (Å²) >= 11 is 6.05. The van der Waals surface area contributed by atoms with Crippen LogP contribution in [0.4, 0.5) is 5.69 Å². The van der Waals surface area contributed by atoms with Crippen LogP contribution in [0.5, 0.6) is 5.75 Å². The number of carbonyl (C=O) groups is 1. The summed E-state index contributed by atoms with van der Waals surface area (Å²) in [6.07, 6.45) is 2.16. The molecule has 1 amide bonds. The summed E-state index contributed by atoms with van der Waals surface area (Å²) in [5, 5.41) is 16.1. The Hall–Kier alpha value is -3.37. The van der Waals surface area contributed by atoms with Gasteiger partial charge in [-0.15, -0.1) is 0 Å². The van der Waals surface area contributed by atoms with E-state index >= 15 is 0 Å². The third-order valence-electron chi connectivity index (χ3n) is 3.55. The number of halogens is 1. The zero-order chi connectivity index (χ0) is 18.5. The number of carbonyl (C=O) groups excluding carboxylic acids is 1. The molecule has 1 heterocycles. The smallest absolute Gasteiger partial charge is 0.265 e. The Morgan fingerprint density at radius 3 is 2.73 bits per heavy atom. The van der Waals surface area contributed by atoms with Gasteiger partial charge in [-0.25, -0.2) is 9.67 Å². The van der Waals surface area contributed by atoms with Gasteiger partial charge in [-0.05, 0) is 49.4 Å². The second kappa shape index (κ2) is 7.68. The molecule has 0 bridgehead atoms. The van der Waals surface area contributed by atoms with E-state index in [2.05, 4.69) is 15.4 Å². The Bertz CT molecular complexity index is 949. The second-order valence-corrected chi connectivity index (χ2v) is 5.82. The molecular formula is C18H14ClN5O2. The first kappa shape index (κ1) is 17.5. The van der Waals surface area contributed by atoms with Gasteiger partial charge in [0.1, 0.15) is 18.4 Å². The van der Waals surface area contributed by atoms with Gasteiger partial charge in [0.15, 0.2) is 6.10 Å². The highest BCUT2D eigenvalue weighted by Crippen LogP contribution is 2.24. The Labute approximate surface area is 154 Å². The summed E-state index contributed by atoms with van der Waals surface area (Å²) in [5.41, 5.74) is 1.64. The fourth-order valence-electron chi connectivity index (χ4n) is 2.24. The van der Waals surface area contributed by atoms with Crippen LogP contribution in [-0.4, -0.2) is 26.8 Å². The lowest BCUT2D eigenvalue weighted by atomic mass is 10.2. The van der Waals surface area contributed by atoms with Gasteiger partial charge < -0.3 is 10.1 Å². The summed E-state index contributed by atoms with van der Waals surface area (Å²) in [7, 11) is 0. The molecular weight excluding hydrogens is 354 g/mol. The summed E-state index contributed by atoms with van der Waals surface area (Å²) in [6, 6.07) is 13.6. The van der Waals surface area contributed by atoms with Crippen molar-refractivity contribution in [3.63, 3.8) is 0 Å². The first-order valence-electron chi connectivity index (χ1n) is 7.69. The maximum Gasteiger partial charge on any atom is 0.265 e. The number of aromatic nitrogens is 3. The quantitative estimate of drug-likeness (QED) is 0.747. The van der Waals surface area contributed by atoms with Crippen LogP contribution >= 0.6 is 11.6 Å². The lowest BCUT2D eigenvalue weighted by Gasteiger charge is -2.16. The lowest BCUT2D eigenvalue weighted by molar-refractivity contribution is -0.122. The molecule has 0 aliphatic heterocycles. The normalized spacial score (nSPS) is 11.4. The van der Waals surface area contributed by atoms with Crippen molar-refractivity contribution in [3.05, 3.63) is 65.7 Å². The zero-order valence-corrected chi connectivity index (χ0v) is 14.5. The molecule has 3 aromatic rings. The Kier molecular flexibility index (Phi) is 5.15. The van der Waals surface area contributed by atoms with E-state index < -0.39 is 6.10 Å². The van der Waals surface area contributed by atoms with Crippen molar-refractivity contribution < 1.29 is 9.53 Å². The molecule has 8 heteroatoms. The minimum atomic E-state index is -0.759. The molecule has 2 aromatic carbocycles. The van der Waals surface area contributed by atoms with Crippen molar-refractivity contribution in [1.29, 1.82) is 5.26 Å².